The van der Waals surface area contributed by atoms with Gasteiger partial charge in [0.05, 0.1) is 14.2 Å². The summed E-state index contributed by atoms with van der Waals surface area (Å²) in [5.74, 6) is 2.11. The lowest BCUT2D eigenvalue weighted by molar-refractivity contribution is 0.0967. The van der Waals surface area contributed by atoms with Gasteiger partial charge in [-0.3, -0.25) is 4.79 Å². The van der Waals surface area contributed by atoms with Crippen molar-refractivity contribution in [3.63, 3.8) is 0 Å². The van der Waals surface area contributed by atoms with Crippen molar-refractivity contribution in [3.8, 4) is 22.8 Å². The van der Waals surface area contributed by atoms with Gasteiger partial charge >= 0.3 is 0 Å². The lowest BCUT2D eigenvalue weighted by atomic mass is 10.1. The lowest BCUT2D eigenvalue weighted by Crippen LogP contribution is -2.02. The smallest absolute Gasteiger partial charge is 0.202 e. The van der Waals surface area contributed by atoms with E-state index in [4.69, 9.17) is 25.5 Å². The third-order valence-corrected chi connectivity index (χ3v) is 4.04. The molecule has 0 saturated carbocycles. The van der Waals surface area contributed by atoms with E-state index in [1.807, 2.05) is 24.3 Å². The molecule has 1 heterocycles. The van der Waals surface area contributed by atoms with E-state index in [1.165, 1.54) is 0 Å². The van der Waals surface area contributed by atoms with Crippen LogP contribution in [0.15, 0.2) is 59.0 Å². The molecule has 128 valence electrons. The minimum Gasteiger partial charge on any atom is -0.497 e. The number of carbonyl (C=O) groups excluding carboxylic acids is 1. The summed E-state index contributed by atoms with van der Waals surface area (Å²) in [5.41, 5.74) is 1.66. The summed E-state index contributed by atoms with van der Waals surface area (Å²) in [6.45, 7) is 0. The minimum atomic E-state index is -0.115. The maximum atomic E-state index is 12.5. The predicted molar refractivity (Wildman–Crippen MR) is 96.7 cm³/mol. The number of ether oxygens (including phenoxy) is 2. The van der Waals surface area contributed by atoms with E-state index in [1.54, 1.807) is 44.6 Å². The Bertz CT molecular complexity index is 859. The zero-order valence-electron chi connectivity index (χ0n) is 13.9. The van der Waals surface area contributed by atoms with E-state index in [0.717, 1.165) is 11.1 Å². The van der Waals surface area contributed by atoms with E-state index in [2.05, 4.69) is 0 Å². The number of hydrogen-bond donors (Lipinski definition) is 0. The Morgan fingerprint density at radius 3 is 2.20 bits per heavy atom. The first-order chi connectivity index (χ1) is 12.1. The summed E-state index contributed by atoms with van der Waals surface area (Å²) < 4.78 is 16.2. The monoisotopic (exact) mass is 356 g/mol. The molecule has 0 bridgehead atoms. The molecule has 0 fully saturated rings. The van der Waals surface area contributed by atoms with Gasteiger partial charge in [-0.2, -0.15) is 0 Å². The first kappa shape index (κ1) is 17.1. The lowest BCUT2D eigenvalue weighted by Gasteiger charge is -2.07. The van der Waals surface area contributed by atoms with Gasteiger partial charge in [0.15, 0.2) is 5.76 Å². The molecule has 0 saturated heterocycles. The number of carbonyl (C=O) groups is 1. The van der Waals surface area contributed by atoms with Crippen LogP contribution in [-0.2, 0) is 6.42 Å². The molecule has 0 aliphatic heterocycles. The van der Waals surface area contributed by atoms with Crippen molar-refractivity contribution < 1.29 is 18.7 Å². The topological polar surface area (TPSA) is 48.7 Å². The van der Waals surface area contributed by atoms with E-state index in [0.29, 0.717) is 28.0 Å². The van der Waals surface area contributed by atoms with Crippen LogP contribution in [0.1, 0.15) is 16.1 Å². The van der Waals surface area contributed by atoms with Crippen molar-refractivity contribution >= 4 is 17.4 Å². The molecule has 25 heavy (non-hydrogen) atoms. The minimum absolute atomic E-state index is 0.115. The number of furan rings is 1. The summed E-state index contributed by atoms with van der Waals surface area (Å²) in [6, 6.07) is 16.1. The summed E-state index contributed by atoms with van der Waals surface area (Å²) >= 11 is 5.89. The molecule has 0 aliphatic carbocycles. The number of benzene rings is 2. The molecule has 0 aliphatic rings. The van der Waals surface area contributed by atoms with Gasteiger partial charge < -0.3 is 13.9 Å². The molecular weight excluding hydrogens is 340 g/mol. The molecule has 0 N–H and O–H groups in total. The summed E-state index contributed by atoms with van der Waals surface area (Å²) in [6.07, 6.45) is 0.196. The van der Waals surface area contributed by atoms with Crippen molar-refractivity contribution in [2.75, 3.05) is 14.2 Å². The second kappa shape index (κ2) is 7.45. The number of rotatable bonds is 6. The zero-order valence-corrected chi connectivity index (χ0v) is 14.7. The van der Waals surface area contributed by atoms with E-state index < -0.39 is 0 Å². The molecular formula is C20H17ClO4. The molecule has 0 amide bonds. The first-order valence-corrected chi connectivity index (χ1v) is 8.08. The van der Waals surface area contributed by atoms with Gasteiger partial charge in [0.25, 0.3) is 0 Å². The highest BCUT2D eigenvalue weighted by Crippen LogP contribution is 2.26. The third-order valence-electron chi connectivity index (χ3n) is 3.79. The summed E-state index contributed by atoms with van der Waals surface area (Å²) in [7, 11) is 3.15. The molecule has 3 aromatic rings. The van der Waals surface area contributed by atoms with Gasteiger partial charge in [0.2, 0.25) is 5.78 Å². The third kappa shape index (κ3) is 4.03. The number of ketones is 1. The molecule has 0 atom stereocenters. The second-order valence-electron chi connectivity index (χ2n) is 5.49. The van der Waals surface area contributed by atoms with Crippen LogP contribution >= 0.6 is 11.6 Å². The molecule has 0 radical (unpaired) electrons. The Morgan fingerprint density at radius 2 is 1.60 bits per heavy atom. The van der Waals surface area contributed by atoms with Crippen LogP contribution in [0.25, 0.3) is 11.3 Å². The van der Waals surface area contributed by atoms with Crippen LogP contribution in [0, 0.1) is 0 Å². The Hall–Kier alpha value is -2.72. The van der Waals surface area contributed by atoms with Crippen molar-refractivity contribution in [2.45, 2.75) is 6.42 Å². The fraction of sp³-hybridized carbons (Fsp3) is 0.150. The van der Waals surface area contributed by atoms with Crippen molar-refractivity contribution in [2.24, 2.45) is 0 Å². The highest BCUT2D eigenvalue weighted by Gasteiger charge is 2.14. The van der Waals surface area contributed by atoms with Gasteiger partial charge in [-0.25, -0.2) is 0 Å². The Morgan fingerprint density at radius 1 is 0.960 bits per heavy atom. The number of Topliss-reactive ketones (excluding diaryl/α,β-unsaturated/α-hetero) is 1. The average molecular weight is 357 g/mol. The van der Waals surface area contributed by atoms with Gasteiger partial charge in [0.1, 0.15) is 17.3 Å². The Balaban J connectivity index is 1.79. The Labute approximate surface area is 150 Å². The molecule has 3 rings (SSSR count). The fourth-order valence-electron chi connectivity index (χ4n) is 2.50. The van der Waals surface area contributed by atoms with Crippen LogP contribution in [0.2, 0.25) is 5.02 Å². The van der Waals surface area contributed by atoms with Crippen LogP contribution in [-0.4, -0.2) is 20.0 Å². The maximum Gasteiger partial charge on any atom is 0.202 e. The molecule has 0 unspecified atom stereocenters. The molecule has 5 heteroatoms. The maximum absolute atomic E-state index is 12.5. The first-order valence-electron chi connectivity index (χ1n) is 7.70. The standard InChI is InChI=1S/C20H17ClO4/c1-23-16-9-13(10-17(12-16)24-2)11-18(22)20-8-7-19(25-20)14-3-5-15(21)6-4-14/h3-10,12H,11H2,1-2H3. The highest BCUT2D eigenvalue weighted by molar-refractivity contribution is 6.30. The quantitative estimate of drug-likeness (QED) is 0.580. The van der Waals surface area contributed by atoms with Crippen LogP contribution < -0.4 is 9.47 Å². The summed E-state index contributed by atoms with van der Waals surface area (Å²) in [4.78, 5) is 12.5. The van der Waals surface area contributed by atoms with E-state index >= 15 is 0 Å². The molecule has 4 nitrogen and oxygen atoms in total. The SMILES string of the molecule is COc1cc(CC(=O)c2ccc(-c3ccc(Cl)cc3)o2)cc(OC)c1. The fourth-order valence-corrected chi connectivity index (χ4v) is 2.62. The largest absolute Gasteiger partial charge is 0.497 e. The normalized spacial score (nSPS) is 10.5. The molecule has 2 aromatic carbocycles. The zero-order chi connectivity index (χ0) is 17.8. The predicted octanol–water partition coefficient (Wildman–Crippen LogP) is 5.04. The van der Waals surface area contributed by atoms with Gasteiger partial charge in [0, 0.05) is 23.1 Å². The van der Waals surface area contributed by atoms with Gasteiger partial charge in [-0.15, -0.1) is 0 Å². The van der Waals surface area contributed by atoms with Crippen molar-refractivity contribution in [3.05, 3.63) is 70.9 Å². The Kier molecular flexibility index (Phi) is 5.10. The molecule has 1 aromatic heterocycles. The molecule has 0 spiro atoms. The van der Waals surface area contributed by atoms with Crippen LogP contribution in [0.4, 0.5) is 0 Å². The average Bonchev–Trinajstić information content (AvgIpc) is 3.12. The van der Waals surface area contributed by atoms with Crippen molar-refractivity contribution in [1.82, 2.24) is 0 Å². The number of hydrogen-bond acceptors (Lipinski definition) is 4. The van der Waals surface area contributed by atoms with Crippen LogP contribution in [0.5, 0.6) is 11.5 Å². The van der Waals surface area contributed by atoms with Gasteiger partial charge in [-0.05, 0) is 54.1 Å². The summed E-state index contributed by atoms with van der Waals surface area (Å²) in [5, 5.41) is 0.651. The van der Waals surface area contributed by atoms with Crippen LogP contribution in [0.3, 0.4) is 0 Å². The van der Waals surface area contributed by atoms with E-state index in [-0.39, 0.29) is 12.2 Å². The second-order valence-corrected chi connectivity index (χ2v) is 5.93. The van der Waals surface area contributed by atoms with Crippen molar-refractivity contribution in [1.29, 1.82) is 0 Å². The van der Waals surface area contributed by atoms with Gasteiger partial charge in [-0.1, -0.05) is 11.6 Å². The highest BCUT2D eigenvalue weighted by atomic mass is 35.5. The number of methoxy groups -OCH3 is 2. The van der Waals surface area contributed by atoms with E-state index in [9.17, 15) is 4.79 Å². The number of halogens is 1.